The lowest BCUT2D eigenvalue weighted by atomic mass is 9.99. The van der Waals surface area contributed by atoms with Gasteiger partial charge in [-0.05, 0) is 55.2 Å². The van der Waals surface area contributed by atoms with Crippen molar-refractivity contribution in [3.8, 4) is 0 Å². The average Bonchev–Trinajstić information content (AvgIpc) is 2.93. The lowest BCUT2D eigenvalue weighted by Crippen LogP contribution is -2.25. The standard InChI is InChI=1S/C20H25ClN2/c1-15-10-16(2)20(17(3)11-15)13-23-9-8-22(14-23)12-18-4-6-19(21)7-5-18/h4-7,10-11H,8-9,12-14H2,1-3H3. The number of hydrogen-bond donors (Lipinski definition) is 0. The van der Waals surface area contributed by atoms with Crippen molar-refractivity contribution in [3.05, 3.63) is 69.2 Å². The van der Waals surface area contributed by atoms with Crippen molar-refractivity contribution < 1.29 is 0 Å². The van der Waals surface area contributed by atoms with E-state index in [2.05, 4.69) is 54.8 Å². The third kappa shape index (κ3) is 4.14. The van der Waals surface area contributed by atoms with Gasteiger partial charge in [0.1, 0.15) is 0 Å². The van der Waals surface area contributed by atoms with Gasteiger partial charge in [0.25, 0.3) is 0 Å². The first kappa shape index (κ1) is 16.5. The highest BCUT2D eigenvalue weighted by Gasteiger charge is 2.21. The van der Waals surface area contributed by atoms with E-state index in [4.69, 9.17) is 11.6 Å². The summed E-state index contributed by atoms with van der Waals surface area (Å²) in [6, 6.07) is 12.8. The molecule has 122 valence electrons. The summed E-state index contributed by atoms with van der Waals surface area (Å²) in [5.74, 6) is 0. The van der Waals surface area contributed by atoms with Gasteiger partial charge in [-0.3, -0.25) is 9.80 Å². The molecule has 1 heterocycles. The van der Waals surface area contributed by atoms with E-state index in [9.17, 15) is 0 Å². The molecule has 1 aliphatic rings. The fourth-order valence-corrected chi connectivity index (χ4v) is 3.62. The Morgan fingerprint density at radius 2 is 1.43 bits per heavy atom. The molecule has 0 bridgehead atoms. The molecule has 0 aliphatic carbocycles. The first-order valence-electron chi connectivity index (χ1n) is 8.27. The monoisotopic (exact) mass is 328 g/mol. The van der Waals surface area contributed by atoms with Gasteiger partial charge in [-0.15, -0.1) is 0 Å². The summed E-state index contributed by atoms with van der Waals surface area (Å²) in [7, 11) is 0. The molecule has 0 aromatic heterocycles. The van der Waals surface area contributed by atoms with E-state index in [0.29, 0.717) is 0 Å². The molecule has 1 saturated heterocycles. The maximum absolute atomic E-state index is 5.96. The maximum Gasteiger partial charge on any atom is 0.0513 e. The van der Waals surface area contributed by atoms with E-state index < -0.39 is 0 Å². The minimum Gasteiger partial charge on any atom is -0.285 e. The van der Waals surface area contributed by atoms with Crippen molar-refractivity contribution in [1.29, 1.82) is 0 Å². The van der Waals surface area contributed by atoms with E-state index in [0.717, 1.165) is 37.9 Å². The van der Waals surface area contributed by atoms with Crippen LogP contribution >= 0.6 is 11.6 Å². The summed E-state index contributed by atoms with van der Waals surface area (Å²) in [4.78, 5) is 5.04. The number of halogens is 1. The van der Waals surface area contributed by atoms with Gasteiger partial charge >= 0.3 is 0 Å². The molecule has 2 nitrogen and oxygen atoms in total. The Balaban J connectivity index is 1.61. The molecular weight excluding hydrogens is 304 g/mol. The van der Waals surface area contributed by atoms with E-state index in [1.807, 2.05) is 12.1 Å². The zero-order valence-corrected chi connectivity index (χ0v) is 15.0. The van der Waals surface area contributed by atoms with Crippen molar-refractivity contribution in [2.75, 3.05) is 19.8 Å². The molecule has 0 amide bonds. The molecule has 23 heavy (non-hydrogen) atoms. The highest BCUT2D eigenvalue weighted by Crippen LogP contribution is 2.21. The summed E-state index contributed by atoms with van der Waals surface area (Å²) in [6.07, 6.45) is 0. The molecule has 2 aromatic rings. The van der Waals surface area contributed by atoms with Crippen LogP contribution in [0.25, 0.3) is 0 Å². The second-order valence-corrected chi connectivity index (χ2v) is 7.19. The van der Waals surface area contributed by atoms with Gasteiger partial charge in [-0.1, -0.05) is 41.4 Å². The summed E-state index contributed by atoms with van der Waals surface area (Å²) < 4.78 is 0. The summed E-state index contributed by atoms with van der Waals surface area (Å²) >= 11 is 5.96. The van der Waals surface area contributed by atoms with E-state index >= 15 is 0 Å². The Morgan fingerprint density at radius 1 is 0.870 bits per heavy atom. The molecule has 3 rings (SSSR count). The second kappa shape index (κ2) is 7.04. The van der Waals surface area contributed by atoms with Gasteiger partial charge in [0.2, 0.25) is 0 Å². The second-order valence-electron chi connectivity index (χ2n) is 6.75. The Bertz CT molecular complexity index is 656. The fraction of sp³-hybridized carbons (Fsp3) is 0.400. The van der Waals surface area contributed by atoms with Crippen LogP contribution in [-0.4, -0.2) is 29.6 Å². The fourth-order valence-electron chi connectivity index (χ4n) is 3.50. The van der Waals surface area contributed by atoms with Crippen LogP contribution in [0.5, 0.6) is 0 Å². The van der Waals surface area contributed by atoms with Crippen LogP contribution in [0.3, 0.4) is 0 Å². The third-order valence-corrected chi connectivity index (χ3v) is 4.93. The van der Waals surface area contributed by atoms with Crippen molar-refractivity contribution in [3.63, 3.8) is 0 Å². The third-order valence-electron chi connectivity index (χ3n) is 4.67. The largest absolute Gasteiger partial charge is 0.285 e. The number of aryl methyl sites for hydroxylation is 3. The topological polar surface area (TPSA) is 6.48 Å². The number of nitrogens with zero attached hydrogens (tertiary/aromatic N) is 2. The smallest absolute Gasteiger partial charge is 0.0513 e. The van der Waals surface area contributed by atoms with Gasteiger partial charge in [-0.25, -0.2) is 0 Å². The predicted molar refractivity (Wildman–Crippen MR) is 97.8 cm³/mol. The van der Waals surface area contributed by atoms with Crippen LogP contribution in [0.4, 0.5) is 0 Å². The zero-order valence-electron chi connectivity index (χ0n) is 14.3. The van der Waals surface area contributed by atoms with Crippen LogP contribution in [0.2, 0.25) is 5.02 Å². The average molecular weight is 329 g/mol. The van der Waals surface area contributed by atoms with Crippen LogP contribution < -0.4 is 0 Å². The van der Waals surface area contributed by atoms with E-state index in [1.165, 1.54) is 27.8 Å². The maximum atomic E-state index is 5.96. The molecule has 0 saturated carbocycles. The lowest BCUT2D eigenvalue weighted by Gasteiger charge is -2.20. The van der Waals surface area contributed by atoms with Crippen molar-refractivity contribution >= 4 is 11.6 Å². The van der Waals surface area contributed by atoms with Crippen molar-refractivity contribution in [1.82, 2.24) is 9.80 Å². The minimum atomic E-state index is 0.808. The quantitative estimate of drug-likeness (QED) is 0.813. The van der Waals surface area contributed by atoms with Gasteiger partial charge in [0.05, 0.1) is 6.67 Å². The number of hydrogen-bond acceptors (Lipinski definition) is 2. The Hall–Kier alpha value is -1.35. The Kier molecular flexibility index (Phi) is 5.05. The molecule has 0 spiro atoms. The highest BCUT2D eigenvalue weighted by atomic mass is 35.5. The predicted octanol–water partition coefficient (Wildman–Crippen LogP) is 4.54. The van der Waals surface area contributed by atoms with Gasteiger partial charge in [0.15, 0.2) is 0 Å². The van der Waals surface area contributed by atoms with Crippen LogP contribution in [0, 0.1) is 20.8 Å². The van der Waals surface area contributed by atoms with Crippen LogP contribution in [-0.2, 0) is 13.1 Å². The molecular formula is C20H25ClN2. The van der Waals surface area contributed by atoms with Crippen LogP contribution in [0.15, 0.2) is 36.4 Å². The molecule has 0 N–H and O–H groups in total. The Morgan fingerprint density at radius 3 is 2.04 bits per heavy atom. The zero-order chi connectivity index (χ0) is 16.4. The van der Waals surface area contributed by atoms with Crippen molar-refractivity contribution in [2.24, 2.45) is 0 Å². The summed E-state index contributed by atoms with van der Waals surface area (Å²) in [6.45, 7) is 12.0. The molecule has 0 unspecified atom stereocenters. The molecule has 1 fully saturated rings. The van der Waals surface area contributed by atoms with Gasteiger partial charge in [0, 0.05) is 31.2 Å². The summed E-state index contributed by atoms with van der Waals surface area (Å²) in [5, 5.41) is 0.808. The first-order chi connectivity index (χ1) is 11.0. The highest BCUT2D eigenvalue weighted by molar-refractivity contribution is 6.30. The van der Waals surface area contributed by atoms with Gasteiger partial charge in [-0.2, -0.15) is 0 Å². The molecule has 3 heteroatoms. The van der Waals surface area contributed by atoms with Crippen molar-refractivity contribution in [2.45, 2.75) is 33.9 Å². The normalized spacial score (nSPS) is 16.2. The lowest BCUT2D eigenvalue weighted by molar-refractivity contribution is 0.234. The number of rotatable bonds is 4. The number of benzene rings is 2. The van der Waals surface area contributed by atoms with E-state index in [-0.39, 0.29) is 0 Å². The molecule has 0 atom stereocenters. The van der Waals surface area contributed by atoms with Crippen LogP contribution in [0.1, 0.15) is 27.8 Å². The molecule has 0 radical (unpaired) electrons. The SMILES string of the molecule is Cc1cc(C)c(CN2CCN(Cc3ccc(Cl)cc3)C2)c(C)c1. The minimum absolute atomic E-state index is 0.808. The Labute approximate surface area is 144 Å². The van der Waals surface area contributed by atoms with E-state index in [1.54, 1.807) is 0 Å². The molecule has 1 aliphatic heterocycles. The first-order valence-corrected chi connectivity index (χ1v) is 8.65. The van der Waals surface area contributed by atoms with Gasteiger partial charge < -0.3 is 0 Å². The summed E-state index contributed by atoms with van der Waals surface area (Å²) in [5.41, 5.74) is 7.01. The molecule has 2 aromatic carbocycles.